The summed E-state index contributed by atoms with van der Waals surface area (Å²) in [5.41, 5.74) is 0. The number of carbonyl (C=O) groups excluding carboxylic acids is 1. The summed E-state index contributed by atoms with van der Waals surface area (Å²) in [6, 6.07) is 0. The third kappa shape index (κ3) is 2.49. The summed E-state index contributed by atoms with van der Waals surface area (Å²) < 4.78 is 27.7. The Kier molecular flexibility index (Phi) is 2.84. The van der Waals surface area contributed by atoms with Crippen LogP contribution >= 0.6 is 0 Å². The van der Waals surface area contributed by atoms with Crippen molar-refractivity contribution in [2.24, 2.45) is 5.92 Å². The van der Waals surface area contributed by atoms with Gasteiger partial charge in [-0.15, -0.1) is 0 Å². The molecule has 1 atom stereocenters. The molecule has 2 rings (SSSR count). The summed E-state index contributed by atoms with van der Waals surface area (Å²) in [5, 5.41) is 0. The zero-order chi connectivity index (χ0) is 11.8. The molecule has 1 aromatic rings. The number of ketones is 1. The van der Waals surface area contributed by atoms with Gasteiger partial charge < -0.3 is 4.42 Å². The molecule has 2 heterocycles. The molecule has 0 saturated carbocycles. The van der Waals surface area contributed by atoms with Gasteiger partial charge in [-0.25, -0.2) is 13.4 Å². The van der Waals surface area contributed by atoms with Crippen LogP contribution in [0.1, 0.15) is 29.8 Å². The average Bonchev–Trinajstić information content (AvgIpc) is 2.73. The van der Waals surface area contributed by atoms with Gasteiger partial charge in [0.15, 0.2) is 27.3 Å². The summed E-state index contributed by atoms with van der Waals surface area (Å²) in [4.78, 5) is 14.9. The maximum atomic E-state index is 11.2. The van der Waals surface area contributed by atoms with E-state index in [4.69, 9.17) is 4.42 Å². The lowest BCUT2D eigenvalue weighted by Gasteiger charge is -2.02. The first-order chi connectivity index (χ1) is 7.46. The first-order valence-electron chi connectivity index (χ1n) is 5.12. The van der Waals surface area contributed by atoms with E-state index in [1.165, 1.54) is 13.1 Å². The van der Waals surface area contributed by atoms with Crippen LogP contribution < -0.4 is 0 Å². The van der Waals surface area contributed by atoms with Crippen molar-refractivity contribution in [3.8, 4) is 0 Å². The zero-order valence-corrected chi connectivity index (χ0v) is 9.79. The monoisotopic (exact) mass is 243 g/mol. The molecule has 88 valence electrons. The minimum atomic E-state index is -2.86. The Morgan fingerprint density at radius 1 is 1.62 bits per heavy atom. The van der Waals surface area contributed by atoms with Crippen LogP contribution in [0.15, 0.2) is 10.6 Å². The molecule has 1 fully saturated rings. The van der Waals surface area contributed by atoms with Crippen molar-refractivity contribution in [1.29, 1.82) is 0 Å². The zero-order valence-electron chi connectivity index (χ0n) is 8.97. The standard InChI is InChI=1S/C10H13NO4S/c1-7(12)9-5-11-10(15-9)4-8-2-3-16(13,14)6-8/h5,8H,2-4,6H2,1H3. The quantitative estimate of drug-likeness (QED) is 0.736. The molecule has 6 heteroatoms. The van der Waals surface area contributed by atoms with E-state index >= 15 is 0 Å². The van der Waals surface area contributed by atoms with Crippen LogP contribution in [0.3, 0.4) is 0 Å². The predicted octanol–water partition coefficient (Wildman–Crippen LogP) is 0.854. The van der Waals surface area contributed by atoms with Crippen molar-refractivity contribution in [3.63, 3.8) is 0 Å². The molecule has 0 spiro atoms. The number of aromatic nitrogens is 1. The summed E-state index contributed by atoms with van der Waals surface area (Å²) >= 11 is 0. The molecule has 0 amide bonds. The number of hydrogen-bond donors (Lipinski definition) is 0. The molecule has 1 unspecified atom stereocenters. The minimum Gasteiger partial charge on any atom is -0.438 e. The van der Waals surface area contributed by atoms with Gasteiger partial charge in [0, 0.05) is 13.3 Å². The molecule has 16 heavy (non-hydrogen) atoms. The van der Waals surface area contributed by atoms with Crippen molar-refractivity contribution in [3.05, 3.63) is 17.8 Å². The van der Waals surface area contributed by atoms with Crippen molar-refractivity contribution in [2.75, 3.05) is 11.5 Å². The smallest absolute Gasteiger partial charge is 0.196 e. The van der Waals surface area contributed by atoms with Gasteiger partial charge >= 0.3 is 0 Å². The van der Waals surface area contributed by atoms with Gasteiger partial charge in [-0.3, -0.25) is 4.79 Å². The van der Waals surface area contributed by atoms with Gasteiger partial charge in [0.1, 0.15) is 0 Å². The van der Waals surface area contributed by atoms with Gasteiger partial charge in [-0.2, -0.15) is 0 Å². The second-order valence-electron chi connectivity index (χ2n) is 4.15. The molecule has 1 saturated heterocycles. The minimum absolute atomic E-state index is 0.0726. The summed E-state index contributed by atoms with van der Waals surface area (Å²) in [7, 11) is -2.86. The molecule has 5 nitrogen and oxygen atoms in total. The normalized spacial score (nSPS) is 23.4. The van der Waals surface area contributed by atoms with Gasteiger partial charge in [0.25, 0.3) is 0 Å². The van der Waals surface area contributed by atoms with E-state index in [1.54, 1.807) is 0 Å². The van der Waals surface area contributed by atoms with Crippen LogP contribution in [-0.2, 0) is 16.3 Å². The van der Waals surface area contributed by atoms with Gasteiger partial charge in [0.05, 0.1) is 17.7 Å². The van der Waals surface area contributed by atoms with E-state index in [2.05, 4.69) is 4.98 Å². The highest BCUT2D eigenvalue weighted by molar-refractivity contribution is 7.91. The molecule has 0 aromatic carbocycles. The number of Topliss-reactive ketones (excluding diaryl/α,β-unsaturated/α-hetero) is 1. The highest BCUT2D eigenvalue weighted by Crippen LogP contribution is 2.22. The van der Waals surface area contributed by atoms with Crippen molar-refractivity contribution in [1.82, 2.24) is 4.98 Å². The molecular formula is C10H13NO4S. The lowest BCUT2D eigenvalue weighted by Crippen LogP contribution is -2.07. The van der Waals surface area contributed by atoms with Crippen LogP contribution in [0, 0.1) is 5.92 Å². The summed E-state index contributed by atoms with van der Waals surface area (Å²) in [5.74, 6) is 1.03. The van der Waals surface area contributed by atoms with E-state index in [0.29, 0.717) is 18.7 Å². The van der Waals surface area contributed by atoms with Crippen LogP contribution in [0.25, 0.3) is 0 Å². The van der Waals surface area contributed by atoms with E-state index in [-0.39, 0.29) is 29.0 Å². The van der Waals surface area contributed by atoms with E-state index in [1.807, 2.05) is 0 Å². The molecule has 0 bridgehead atoms. The fourth-order valence-corrected chi connectivity index (χ4v) is 3.71. The lowest BCUT2D eigenvalue weighted by atomic mass is 10.1. The lowest BCUT2D eigenvalue weighted by molar-refractivity contribution is 0.0985. The fraction of sp³-hybridized carbons (Fsp3) is 0.600. The third-order valence-electron chi connectivity index (χ3n) is 2.69. The third-order valence-corrected chi connectivity index (χ3v) is 4.53. The van der Waals surface area contributed by atoms with Crippen molar-refractivity contribution in [2.45, 2.75) is 19.8 Å². The second-order valence-corrected chi connectivity index (χ2v) is 6.38. The topological polar surface area (TPSA) is 77.2 Å². The highest BCUT2D eigenvalue weighted by atomic mass is 32.2. The molecule has 0 N–H and O–H groups in total. The first-order valence-corrected chi connectivity index (χ1v) is 6.94. The fourth-order valence-electron chi connectivity index (χ4n) is 1.85. The number of sulfone groups is 1. The number of hydrogen-bond acceptors (Lipinski definition) is 5. The Hall–Kier alpha value is -1.17. The van der Waals surface area contributed by atoms with E-state index in [0.717, 1.165) is 0 Å². The summed E-state index contributed by atoms with van der Waals surface area (Å²) in [6.07, 6.45) is 2.54. The molecular weight excluding hydrogens is 230 g/mol. The Morgan fingerprint density at radius 2 is 2.38 bits per heavy atom. The molecule has 0 radical (unpaired) electrons. The Morgan fingerprint density at radius 3 is 2.88 bits per heavy atom. The first kappa shape index (κ1) is 11.3. The van der Waals surface area contributed by atoms with E-state index < -0.39 is 9.84 Å². The van der Waals surface area contributed by atoms with Crippen LogP contribution in [0.4, 0.5) is 0 Å². The maximum Gasteiger partial charge on any atom is 0.196 e. The molecule has 1 aliphatic heterocycles. The van der Waals surface area contributed by atoms with Gasteiger partial charge in [0.2, 0.25) is 0 Å². The van der Waals surface area contributed by atoms with E-state index in [9.17, 15) is 13.2 Å². The second kappa shape index (κ2) is 4.01. The SMILES string of the molecule is CC(=O)c1cnc(CC2CCS(=O)(=O)C2)o1. The maximum absolute atomic E-state index is 11.2. The molecule has 1 aromatic heterocycles. The Bertz CT molecular complexity index is 503. The average molecular weight is 243 g/mol. The van der Waals surface area contributed by atoms with Crippen molar-refractivity contribution >= 4 is 15.6 Å². The van der Waals surface area contributed by atoms with Gasteiger partial charge in [-0.1, -0.05) is 0 Å². The number of nitrogens with zero attached hydrogens (tertiary/aromatic N) is 1. The van der Waals surface area contributed by atoms with Crippen LogP contribution in [0.5, 0.6) is 0 Å². The van der Waals surface area contributed by atoms with Crippen molar-refractivity contribution < 1.29 is 17.6 Å². The van der Waals surface area contributed by atoms with Crippen LogP contribution in [0.2, 0.25) is 0 Å². The number of carbonyl (C=O) groups is 1. The number of rotatable bonds is 3. The molecule has 1 aliphatic rings. The largest absolute Gasteiger partial charge is 0.438 e. The highest BCUT2D eigenvalue weighted by Gasteiger charge is 2.29. The number of oxazole rings is 1. The van der Waals surface area contributed by atoms with Gasteiger partial charge in [-0.05, 0) is 12.3 Å². The Balaban J connectivity index is 2.02. The predicted molar refractivity (Wildman–Crippen MR) is 57.0 cm³/mol. The van der Waals surface area contributed by atoms with Crippen LogP contribution in [-0.4, -0.2) is 30.7 Å². The molecule has 0 aliphatic carbocycles. The summed E-state index contributed by atoms with van der Waals surface area (Å²) in [6.45, 7) is 1.41. The Labute approximate surface area is 93.8 Å².